The smallest absolute Gasteiger partial charge is 0.201 e. The highest BCUT2D eigenvalue weighted by atomic mass is 35.5. The molecule has 26 heavy (non-hydrogen) atoms. The summed E-state index contributed by atoms with van der Waals surface area (Å²) < 4.78 is 5.76. The van der Waals surface area contributed by atoms with Gasteiger partial charge in [-0.2, -0.15) is 5.26 Å². The van der Waals surface area contributed by atoms with Crippen molar-refractivity contribution in [3.63, 3.8) is 0 Å². The van der Waals surface area contributed by atoms with Crippen molar-refractivity contribution in [2.24, 2.45) is 0 Å². The van der Waals surface area contributed by atoms with Crippen LogP contribution in [0, 0.1) is 11.3 Å². The van der Waals surface area contributed by atoms with E-state index in [2.05, 4.69) is 11.1 Å². The zero-order chi connectivity index (χ0) is 18.3. The lowest BCUT2D eigenvalue weighted by Gasteiger charge is -2.25. The minimum absolute atomic E-state index is 0.186. The zero-order valence-corrected chi connectivity index (χ0v) is 15.2. The van der Waals surface area contributed by atoms with E-state index < -0.39 is 0 Å². The van der Waals surface area contributed by atoms with Gasteiger partial charge in [0.1, 0.15) is 17.0 Å². The summed E-state index contributed by atoms with van der Waals surface area (Å²) in [5.41, 5.74) is 3.68. The molecule has 128 valence electrons. The molecule has 1 aliphatic rings. The number of anilines is 1. The van der Waals surface area contributed by atoms with E-state index in [0.717, 1.165) is 27.7 Å². The van der Waals surface area contributed by atoms with E-state index in [4.69, 9.17) is 16.3 Å². The molecule has 1 atom stereocenters. The summed E-state index contributed by atoms with van der Waals surface area (Å²) in [7, 11) is 3.93. The highest BCUT2D eigenvalue weighted by molar-refractivity contribution is 6.30. The van der Waals surface area contributed by atoms with Gasteiger partial charge in [0, 0.05) is 48.3 Å². The Morgan fingerprint density at radius 3 is 2.69 bits per heavy atom. The molecular weight excluding hydrogens is 346 g/mol. The van der Waals surface area contributed by atoms with E-state index in [9.17, 15) is 5.26 Å². The van der Waals surface area contributed by atoms with Gasteiger partial charge in [0.25, 0.3) is 0 Å². The Bertz CT molecular complexity index is 1080. The maximum Gasteiger partial charge on any atom is 0.201 e. The quantitative estimate of drug-likeness (QED) is 0.610. The molecule has 1 aliphatic heterocycles. The molecule has 2 aromatic carbocycles. The summed E-state index contributed by atoms with van der Waals surface area (Å²) in [4.78, 5) is 6.52. The van der Waals surface area contributed by atoms with E-state index in [1.165, 1.54) is 0 Å². The normalized spacial score (nSPS) is 15.6. The maximum atomic E-state index is 9.40. The van der Waals surface area contributed by atoms with Gasteiger partial charge < -0.3 is 9.64 Å². The topological polar surface area (TPSA) is 49.1 Å². The Morgan fingerprint density at radius 2 is 1.92 bits per heavy atom. The molecule has 0 bridgehead atoms. The second kappa shape index (κ2) is 6.36. The Morgan fingerprint density at radius 1 is 1.12 bits per heavy atom. The summed E-state index contributed by atoms with van der Waals surface area (Å²) in [6, 6.07) is 18.0. The number of pyridine rings is 1. The van der Waals surface area contributed by atoms with Gasteiger partial charge in [-0.25, -0.2) is 4.98 Å². The minimum atomic E-state index is -0.186. The van der Waals surface area contributed by atoms with Crippen LogP contribution in [0.25, 0.3) is 10.9 Å². The Labute approximate surface area is 156 Å². The van der Waals surface area contributed by atoms with E-state index in [1.807, 2.05) is 67.5 Å². The van der Waals surface area contributed by atoms with Crippen molar-refractivity contribution in [1.82, 2.24) is 4.98 Å². The van der Waals surface area contributed by atoms with Crippen LogP contribution in [-0.4, -0.2) is 19.1 Å². The van der Waals surface area contributed by atoms with Crippen LogP contribution in [0.1, 0.15) is 17.0 Å². The monoisotopic (exact) mass is 361 g/mol. The fourth-order valence-electron chi connectivity index (χ4n) is 3.18. The number of hydrogen-bond acceptors (Lipinski definition) is 4. The Hall–Kier alpha value is -3.03. The molecule has 0 saturated carbocycles. The number of para-hydroxylation sites is 1. The summed E-state index contributed by atoms with van der Waals surface area (Å²) in [5.74, 6) is 0.751. The van der Waals surface area contributed by atoms with Gasteiger partial charge in [0.05, 0.1) is 5.52 Å². The van der Waals surface area contributed by atoms with Crippen LogP contribution in [0.2, 0.25) is 5.15 Å². The second-order valence-corrected chi connectivity index (χ2v) is 6.76. The molecule has 2 heterocycles. The molecule has 0 fully saturated rings. The van der Waals surface area contributed by atoms with Gasteiger partial charge in [0.15, 0.2) is 0 Å². The van der Waals surface area contributed by atoms with Crippen molar-refractivity contribution in [3.8, 4) is 11.8 Å². The fourth-order valence-corrected chi connectivity index (χ4v) is 3.45. The van der Waals surface area contributed by atoms with Crippen molar-refractivity contribution in [1.29, 1.82) is 5.26 Å². The molecular formula is C21H16ClN3O. The summed E-state index contributed by atoms with van der Waals surface area (Å²) in [6.07, 6.45) is 1.80. The molecule has 0 aliphatic carbocycles. The molecule has 0 spiro atoms. The van der Waals surface area contributed by atoms with Gasteiger partial charge in [-0.15, -0.1) is 0 Å². The number of benzene rings is 2. The van der Waals surface area contributed by atoms with Gasteiger partial charge >= 0.3 is 0 Å². The third-order valence-corrected chi connectivity index (χ3v) is 4.84. The maximum absolute atomic E-state index is 9.40. The summed E-state index contributed by atoms with van der Waals surface area (Å²) in [6.45, 7) is 0. The molecule has 4 rings (SSSR count). The second-order valence-electron chi connectivity index (χ2n) is 6.40. The third kappa shape index (κ3) is 2.77. The first-order valence-electron chi connectivity index (χ1n) is 8.23. The SMILES string of the molecule is CN(C)c1ccc2c(c1)OC(C#N)=CC2c1cc2ccccc2nc1Cl. The fraction of sp³-hybridized carbons (Fsp3) is 0.143. The summed E-state index contributed by atoms with van der Waals surface area (Å²) in [5, 5.41) is 10.8. The van der Waals surface area contributed by atoms with Gasteiger partial charge in [-0.05, 0) is 24.3 Å². The Kier molecular flexibility index (Phi) is 4.02. The standard InChI is InChI=1S/C21H16ClN3O/c1-25(2)14-7-8-16-17(11-15(12-23)26-20(16)10-14)18-9-13-5-3-4-6-19(13)24-21(18)22/h3-11,17H,1-2H3. The van der Waals surface area contributed by atoms with E-state index in [-0.39, 0.29) is 11.7 Å². The van der Waals surface area contributed by atoms with Crippen molar-refractivity contribution >= 4 is 28.2 Å². The van der Waals surface area contributed by atoms with Crippen molar-refractivity contribution in [2.75, 3.05) is 19.0 Å². The number of hydrogen-bond donors (Lipinski definition) is 0. The molecule has 5 heteroatoms. The first-order valence-corrected chi connectivity index (χ1v) is 8.61. The first-order chi connectivity index (χ1) is 12.6. The largest absolute Gasteiger partial charge is 0.446 e. The first kappa shape index (κ1) is 16.4. The van der Waals surface area contributed by atoms with Crippen LogP contribution < -0.4 is 9.64 Å². The molecule has 1 unspecified atom stereocenters. The number of fused-ring (bicyclic) bond motifs is 2. The lowest BCUT2D eigenvalue weighted by Crippen LogP contribution is -2.13. The lowest BCUT2D eigenvalue weighted by atomic mass is 9.88. The van der Waals surface area contributed by atoms with E-state index in [0.29, 0.717) is 10.9 Å². The van der Waals surface area contributed by atoms with Crippen LogP contribution in [0.5, 0.6) is 5.75 Å². The van der Waals surface area contributed by atoms with E-state index in [1.54, 1.807) is 6.08 Å². The average Bonchev–Trinajstić information content (AvgIpc) is 2.66. The Balaban J connectivity index is 1.91. The number of allylic oxidation sites excluding steroid dienone is 2. The van der Waals surface area contributed by atoms with Crippen molar-refractivity contribution in [3.05, 3.63) is 76.6 Å². The van der Waals surface area contributed by atoms with Crippen LogP contribution >= 0.6 is 11.6 Å². The zero-order valence-electron chi connectivity index (χ0n) is 14.4. The number of aromatic nitrogens is 1. The predicted octanol–water partition coefficient (Wildman–Crippen LogP) is 4.89. The lowest BCUT2D eigenvalue weighted by molar-refractivity contribution is 0.427. The van der Waals surface area contributed by atoms with Gasteiger partial charge in [0.2, 0.25) is 5.76 Å². The van der Waals surface area contributed by atoms with Gasteiger partial charge in [-0.1, -0.05) is 35.9 Å². The molecule has 0 N–H and O–H groups in total. The number of nitriles is 1. The molecule has 0 saturated heterocycles. The van der Waals surface area contributed by atoms with Crippen molar-refractivity contribution < 1.29 is 4.74 Å². The highest BCUT2D eigenvalue weighted by Gasteiger charge is 2.26. The van der Waals surface area contributed by atoms with Gasteiger partial charge in [-0.3, -0.25) is 0 Å². The number of nitrogens with zero attached hydrogens (tertiary/aromatic N) is 3. The average molecular weight is 362 g/mol. The summed E-state index contributed by atoms with van der Waals surface area (Å²) >= 11 is 6.50. The molecule has 4 nitrogen and oxygen atoms in total. The molecule has 1 aromatic heterocycles. The van der Waals surface area contributed by atoms with Crippen LogP contribution in [0.3, 0.4) is 0 Å². The van der Waals surface area contributed by atoms with Crippen LogP contribution in [0.15, 0.2) is 60.4 Å². The number of rotatable bonds is 2. The molecule has 0 amide bonds. The van der Waals surface area contributed by atoms with E-state index >= 15 is 0 Å². The molecule has 3 aromatic rings. The van der Waals surface area contributed by atoms with Crippen molar-refractivity contribution in [2.45, 2.75) is 5.92 Å². The number of halogens is 1. The van der Waals surface area contributed by atoms with Crippen LogP contribution in [-0.2, 0) is 0 Å². The number of ether oxygens (including phenoxy) is 1. The van der Waals surface area contributed by atoms with Crippen LogP contribution in [0.4, 0.5) is 5.69 Å². The predicted molar refractivity (Wildman–Crippen MR) is 104 cm³/mol. The highest BCUT2D eigenvalue weighted by Crippen LogP contribution is 2.42. The third-order valence-electron chi connectivity index (χ3n) is 4.54. The minimum Gasteiger partial charge on any atom is -0.446 e. The molecule has 0 radical (unpaired) electrons.